The molecule has 1 unspecified atom stereocenters. The topological polar surface area (TPSA) is 104 Å². The molecule has 0 radical (unpaired) electrons. The van der Waals surface area contributed by atoms with Crippen LogP contribution in [0.2, 0.25) is 0 Å². The Morgan fingerprint density at radius 2 is 1.89 bits per heavy atom. The summed E-state index contributed by atoms with van der Waals surface area (Å²) in [6, 6.07) is 16.3. The second-order valence-corrected chi connectivity index (χ2v) is 7.34. The lowest BCUT2D eigenvalue weighted by molar-refractivity contribution is -0.141. The number of aromatic nitrogens is 3. The second kappa shape index (κ2) is 9.36. The molecule has 2 N–H and O–H groups in total. The first-order valence-electron chi connectivity index (χ1n) is 10.0. The normalized spacial score (nSPS) is 12.1. The number of amides is 1. The highest BCUT2D eigenvalue weighted by Gasteiger charge is 2.36. The fourth-order valence-corrected chi connectivity index (χ4v) is 3.28. The molecule has 1 amide bonds. The average Bonchev–Trinajstić information content (AvgIpc) is 3.32. The largest absolute Gasteiger partial charge is 0.435 e. The predicted octanol–water partition coefficient (Wildman–Crippen LogP) is 4.63. The van der Waals surface area contributed by atoms with Gasteiger partial charge in [0.2, 0.25) is 0 Å². The van der Waals surface area contributed by atoms with E-state index in [1.54, 1.807) is 18.2 Å². The van der Waals surface area contributed by atoms with Crippen molar-refractivity contribution in [1.29, 1.82) is 5.26 Å². The van der Waals surface area contributed by atoms with Crippen LogP contribution in [0.4, 0.5) is 23.2 Å². The van der Waals surface area contributed by atoms with Gasteiger partial charge in [-0.15, -0.1) is 0 Å². The molecule has 2 aromatic carbocycles. The quantitative estimate of drug-likeness (QED) is 0.405. The Morgan fingerprint density at radius 1 is 1.09 bits per heavy atom. The average molecular weight is 481 g/mol. The number of carbonyl (C=O) groups excluding carboxylic acids is 1. The number of carbonyl (C=O) groups is 1. The van der Waals surface area contributed by atoms with Gasteiger partial charge in [-0.25, -0.2) is 9.07 Å². The van der Waals surface area contributed by atoms with Crippen molar-refractivity contribution in [3.05, 3.63) is 107 Å². The van der Waals surface area contributed by atoms with Crippen LogP contribution in [0, 0.1) is 17.1 Å². The zero-order chi connectivity index (χ0) is 25.2. The Balaban J connectivity index is 1.66. The third kappa shape index (κ3) is 5.02. The van der Waals surface area contributed by atoms with E-state index in [0.717, 1.165) is 10.7 Å². The molecule has 1 atom stereocenters. The van der Waals surface area contributed by atoms with E-state index < -0.39 is 35.4 Å². The van der Waals surface area contributed by atoms with Crippen LogP contribution in [0.1, 0.15) is 39.1 Å². The first-order chi connectivity index (χ1) is 16.7. The fraction of sp³-hybridized carbons (Fsp3) is 0.0833. The third-order valence-corrected chi connectivity index (χ3v) is 4.98. The molecule has 2 heterocycles. The van der Waals surface area contributed by atoms with E-state index >= 15 is 0 Å². The van der Waals surface area contributed by atoms with Gasteiger partial charge in [0.05, 0.1) is 28.7 Å². The van der Waals surface area contributed by atoms with Crippen LogP contribution in [0.15, 0.2) is 72.9 Å². The van der Waals surface area contributed by atoms with Crippen LogP contribution in [0.5, 0.6) is 0 Å². The number of aliphatic hydroxyl groups excluding tert-OH is 1. The molecule has 4 aromatic rings. The number of hydrogen-bond acceptors (Lipinski definition) is 5. The summed E-state index contributed by atoms with van der Waals surface area (Å²) in [6.07, 6.45) is -4.60. The number of rotatable bonds is 5. The van der Waals surface area contributed by atoms with E-state index in [2.05, 4.69) is 15.4 Å². The molecular weight excluding hydrogens is 466 g/mol. The first-order valence-corrected chi connectivity index (χ1v) is 10.0. The first kappa shape index (κ1) is 23.6. The molecule has 0 aliphatic carbocycles. The van der Waals surface area contributed by atoms with E-state index in [-0.39, 0.29) is 28.2 Å². The lowest BCUT2D eigenvalue weighted by Crippen LogP contribution is -2.18. The number of nitrogens with zero attached hydrogens (tertiary/aromatic N) is 4. The highest BCUT2D eigenvalue weighted by molar-refractivity contribution is 6.03. The monoisotopic (exact) mass is 481 g/mol. The number of benzene rings is 2. The number of nitriles is 1. The van der Waals surface area contributed by atoms with Crippen molar-refractivity contribution in [2.45, 2.75) is 12.3 Å². The van der Waals surface area contributed by atoms with Crippen molar-refractivity contribution in [2.75, 3.05) is 5.32 Å². The van der Waals surface area contributed by atoms with Gasteiger partial charge in [0.1, 0.15) is 17.6 Å². The fourth-order valence-electron chi connectivity index (χ4n) is 3.28. The summed E-state index contributed by atoms with van der Waals surface area (Å²) in [5.74, 6) is -1.98. The minimum absolute atomic E-state index is 0.0407. The molecule has 7 nitrogen and oxygen atoms in total. The second-order valence-electron chi connectivity index (χ2n) is 7.34. The predicted molar refractivity (Wildman–Crippen MR) is 116 cm³/mol. The van der Waals surface area contributed by atoms with Crippen LogP contribution in [-0.2, 0) is 6.18 Å². The Morgan fingerprint density at radius 3 is 2.54 bits per heavy atom. The molecule has 0 bridgehead atoms. The standard InChI is InChI=1S/C24H15F4N5O2/c25-17-11-15(22(34)19-6-1-2-9-30-19)7-8-18(17)31-23(35)20-12-21(24(26,27)28)32-33(20)16-5-3-4-14(10-16)13-29/h1-12,22,34H,(H,31,35). The molecule has 2 aromatic heterocycles. The smallest absolute Gasteiger partial charge is 0.382 e. The molecule has 176 valence electrons. The molecule has 0 spiro atoms. The van der Waals surface area contributed by atoms with E-state index in [4.69, 9.17) is 5.26 Å². The van der Waals surface area contributed by atoms with Gasteiger partial charge < -0.3 is 10.4 Å². The number of alkyl halides is 3. The van der Waals surface area contributed by atoms with Gasteiger partial charge in [0.25, 0.3) is 5.91 Å². The highest BCUT2D eigenvalue weighted by Crippen LogP contribution is 2.30. The molecule has 0 fully saturated rings. The third-order valence-electron chi connectivity index (χ3n) is 4.98. The summed E-state index contributed by atoms with van der Waals surface area (Å²) in [4.78, 5) is 16.9. The van der Waals surface area contributed by atoms with Crippen LogP contribution in [0.25, 0.3) is 5.69 Å². The summed E-state index contributed by atoms with van der Waals surface area (Å²) in [7, 11) is 0. The minimum Gasteiger partial charge on any atom is -0.382 e. The number of aliphatic hydroxyl groups is 1. The van der Waals surface area contributed by atoms with E-state index in [1.165, 1.54) is 42.6 Å². The van der Waals surface area contributed by atoms with E-state index in [1.807, 2.05) is 6.07 Å². The van der Waals surface area contributed by atoms with Crippen molar-refractivity contribution >= 4 is 11.6 Å². The van der Waals surface area contributed by atoms with Gasteiger partial charge >= 0.3 is 6.18 Å². The molecule has 0 saturated heterocycles. The zero-order valence-electron chi connectivity index (χ0n) is 17.7. The molecule has 0 saturated carbocycles. The van der Waals surface area contributed by atoms with Gasteiger partial charge in [-0.05, 0) is 48.0 Å². The van der Waals surface area contributed by atoms with Gasteiger partial charge in [0, 0.05) is 12.3 Å². The Kier molecular flexibility index (Phi) is 6.31. The number of nitrogens with one attached hydrogen (secondary N) is 1. The maximum absolute atomic E-state index is 14.7. The molecule has 0 aliphatic heterocycles. The summed E-state index contributed by atoms with van der Waals surface area (Å²) in [5, 5.41) is 25.2. The van der Waals surface area contributed by atoms with Crippen LogP contribution in [-0.4, -0.2) is 25.8 Å². The number of pyridine rings is 1. The Hall–Kier alpha value is -4.56. The number of anilines is 1. The van der Waals surface area contributed by atoms with Gasteiger partial charge in [-0.3, -0.25) is 9.78 Å². The van der Waals surface area contributed by atoms with Gasteiger partial charge in [0.15, 0.2) is 5.69 Å². The maximum atomic E-state index is 14.7. The molecule has 0 aliphatic rings. The van der Waals surface area contributed by atoms with Gasteiger partial charge in [-0.2, -0.15) is 23.5 Å². The van der Waals surface area contributed by atoms with Crippen LogP contribution >= 0.6 is 0 Å². The molecule has 35 heavy (non-hydrogen) atoms. The van der Waals surface area contributed by atoms with Crippen molar-refractivity contribution in [1.82, 2.24) is 14.8 Å². The molecule has 4 rings (SSSR count). The van der Waals surface area contributed by atoms with E-state index in [0.29, 0.717) is 6.07 Å². The number of halogens is 4. The highest BCUT2D eigenvalue weighted by atomic mass is 19.4. The lowest BCUT2D eigenvalue weighted by Gasteiger charge is -2.13. The summed E-state index contributed by atoms with van der Waals surface area (Å²) in [5.41, 5.74) is -1.54. The van der Waals surface area contributed by atoms with Crippen molar-refractivity contribution in [2.24, 2.45) is 0 Å². The van der Waals surface area contributed by atoms with Crippen molar-refractivity contribution < 1.29 is 27.5 Å². The van der Waals surface area contributed by atoms with Crippen molar-refractivity contribution in [3.63, 3.8) is 0 Å². The summed E-state index contributed by atoms with van der Waals surface area (Å²) < 4.78 is 55.4. The summed E-state index contributed by atoms with van der Waals surface area (Å²) >= 11 is 0. The maximum Gasteiger partial charge on any atom is 0.435 e. The zero-order valence-corrected chi connectivity index (χ0v) is 17.7. The van der Waals surface area contributed by atoms with E-state index in [9.17, 15) is 27.5 Å². The minimum atomic E-state index is -4.85. The summed E-state index contributed by atoms with van der Waals surface area (Å²) in [6.45, 7) is 0. The van der Waals surface area contributed by atoms with Crippen LogP contribution < -0.4 is 5.32 Å². The van der Waals surface area contributed by atoms with Gasteiger partial charge in [-0.1, -0.05) is 18.2 Å². The SMILES string of the molecule is N#Cc1cccc(-n2nc(C(F)(F)F)cc2C(=O)Nc2ccc(C(O)c3ccccn3)cc2F)c1. The lowest BCUT2D eigenvalue weighted by atomic mass is 10.1. The number of hydrogen-bond donors (Lipinski definition) is 2. The molecule has 11 heteroatoms. The van der Waals surface area contributed by atoms with Crippen molar-refractivity contribution in [3.8, 4) is 11.8 Å². The Bertz CT molecular complexity index is 1430. The van der Waals surface area contributed by atoms with Crippen LogP contribution in [0.3, 0.4) is 0 Å². The Labute approximate surface area is 195 Å². The molecular formula is C24H15F4N5O2.